The number of carbonyl (C=O) groups excluding carboxylic acids is 2. The first-order chi connectivity index (χ1) is 13.0. The lowest BCUT2D eigenvalue weighted by atomic mass is 10.1. The molecule has 0 unspecified atom stereocenters. The number of nitrogens with one attached hydrogen (secondary N) is 2. The number of ether oxygens (including phenoxy) is 1. The van der Waals surface area contributed by atoms with Crippen LogP contribution in [0, 0.1) is 6.92 Å². The highest BCUT2D eigenvalue weighted by Gasteiger charge is 2.13. The van der Waals surface area contributed by atoms with Crippen molar-refractivity contribution in [1.29, 1.82) is 0 Å². The number of benzene rings is 2. The molecule has 0 aliphatic rings. The molecule has 7 nitrogen and oxygen atoms in total. The number of hydrazine groups is 1. The van der Waals surface area contributed by atoms with E-state index in [2.05, 4.69) is 10.9 Å². The zero-order valence-electron chi connectivity index (χ0n) is 14.9. The molecule has 138 valence electrons. The van der Waals surface area contributed by atoms with E-state index >= 15 is 0 Å². The van der Waals surface area contributed by atoms with Crippen LogP contribution in [0.15, 0.2) is 57.7 Å². The maximum atomic E-state index is 12.2. The second-order valence-electron chi connectivity index (χ2n) is 6.00. The van der Waals surface area contributed by atoms with Gasteiger partial charge in [-0.3, -0.25) is 25.2 Å². The number of fused-ring (bicyclic) bond motifs is 1. The summed E-state index contributed by atoms with van der Waals surface area (Å²) in [5.74, 6) is -0.611. The van der Waals surface area contributed by atoms with Gasteiger partial charge in [0.25, 0.3) is 0 Å². The molecule has 0 atom stereocenters. The number of hydrogen-bond acceptors (Lipinski definition) is 5. The molecule has 0 spiro atoms. The van der Waals surface area contributed by atoms with Crippen molar-refractivity contribution in [3.05, 3.63) is 75.6 Å². The highest BCUT2D eigenvalue weighted by Crippen LogP contribution is 2.14. The lowest BCUT2D eigenvalue weighted by molar-refractivity contribution is -0.121. The molecular weight excluding hydrogens is 348 g/mol. The molecule has 27 heavy (non-hydrogen) atoms. The van der Waals surface area contributed by atoms with Gasteiger partial charge in [-0.05, 0) is 36.8 Å². The first-order valence-electron chi connectivity index (χ1n) is 8.23. The van der Waals surface area contributed by atoms with Crippen LogP contribution in [0.25, 0.3) is 11.0 Å². The molecule has 1 aromatic heterocycles. The molecule has 2 amide bonds. The van der Waals surface area contributed by atoms with Crippen molar-refractivity contribution in [3.63, 3.8) is 0 Å². The minimum absolute atomic E-state index is 0.0746. The summed E-state index contributed by atoms with van der Waals surface area (Å²) in [4.78, 5) is 36.3. The molecule has 0 bridgehead atoms. The molecule has 1 heterocycles. The van der Waals surface area contributed by atoms with Crippen molar-refractivity contribution in [1.82, 2.24) is 10.9 Å². The number of hydrogen-bond donors (Lipinski definition) is 2. The summed E-state index contributed by atoms with van der Waals surface area (Å²) in [6.07, 6.45) is 0.0746. The van der Waals surface area contributed by atoms with E-state index in [1.165, 1.54) is 0 Å². The third kappa shape index (κ3) is 4.33. The van der Waals surface area contributed by atoms with Crippen LogP contribution in [0.3, 0.4) is 0 Å². The average Bonchev–Trinajstić information content (AvgIpc) is 2.67. The lowest BCUT2D eigenvalue weighted by Crippen LogP contribution is -2.42. The minimum Gasteiger partial charge on any atom is -0.497 e. The van der Waals surface area contributed by atoms with Crippen LogP contribution in [-0.2, 0) is 11.2 Å². The van der Waals surface area contributed by atoms with E-state index in [1.807, 2.05) is 6.92 Å². The predicted molar refractivity (Wildman–Crippen MR) is 99.5 cm³/mol. The quantitative estimate of drug-likeness (QED) is 0.689. The van der Waals surface area contributed by atoms with Gasteiger partial charge in [0.05, 0.1) is 18.9 Å². The Morgan fingerprint density at radius 1 is 1.04 bits per heavy atom. The summed E-state index contributed by atoms with van der Waals surface area (Å²) in [6.45, 7) is 1.86. The number of aryl methyl sites for hydroxylation is 1. The van der Waals surface area contributed by atoms with Crippen LogP contribution in [-0.4, -0.2) is 18.9 Å². The molecule has 3 rings (SSSR count). The van der Waals surface area contributed by atoms with E-state index in [0.29, 0.717) is 16.7 Å². The fourth-order valence-corrected chi connectivity index (χ4v) is 2.54. The van der Waals surface area contributed by atoms with E-state index in [1.54, 1.807) is 49.6 Å². The van der Waals surface area contributed by atoms with E-state index < -0.39 is 11.8 Å². The van der Waals surface area contributed by atoms with E-state index in [0.717, 1.165) is 17.2 Å². The summed E-state index contributed by atoms with van der Waals surface area (Å²) < 4.78 is 10.5. The molecule has 0 aliphatic carbocycles. The third-order valence-corrected chi connectivity index (χ3v) is 3.95. The molecule has 2 aromatic carbocycles. The topological polar surface area (TPSA) is 97.6 Å². The van der Waals surface area contributed by atoms with Crippen LogP contribution in [0.5, 0.6) is 5.75 Å². The minimum atomic E-state index is -0.711. The summed E-state index contributed by atoms with van der Waals surface area (Å²) in [5, 5.41) is 0.398. The highest BCUT2D eigenvalue weighted by molar-refractivity contribution is 5.94. The standard InChI is InChI=1S/C20H18N2O5/c1-12-3-8-17-15(9-12)16(23)11-18(27-17)20(25)22-21-19(24)10-13-4-6-14(26-2)7-5-13/h3-9,11H,10H2,1-2H3,(H,21,24)(H,22,25). The zero-order chi connectivity index (χ0) is 19.4. The second-order valence-corrected chi connectivity index (χ2v) is 6.00. The van der Waals surface area contributed by atoms with Crippen molar-refractivity contribution < 1.29 is 18.7 Å². The molecule has 7 heteroatoms. The van der Waals surface area contributed by atoms with Gasteiger partial charge in [0.15, 0.2) is 11.2 Å². The smallest absolute Gasteiger partial charge is 0.305 e. The number of amides is 2. The normalized spacial score (nSPS) is 10.4. The van der Waals surface area contributed by atoms with Crippen LogP contribution < -0.4 is 21.0 Å². The third-order valence-electron chi connectivity index (χ3n) is 3.95. The van der Waals surface area contributed by atoms with Gasteiger partial charge >= 0.3 is 5.91 Å². The maximum Gasteiger partial charge on any atom is 0.305 e. The Balaban J connectivity index is 1.64. The Morgan fingerprint density at radius 3 is 2.48 bits per heavy atom. The van der Waals surface area contributed by atoms with Crippen LogP contribution >= 0.6 is 0 Å². The first-order valence-corrected chi connectivity index (χ1v) is 8.23. The number of carbonyl (C=O) groups is 2. The molecule has 0 saturated carbocycles. The van der Waals surface area contributed by atoms with Gasteiger partial charge in [0, 0.05) is 6.07 Å². The fourth-order valence-electron chi connectivity index (χ4n) is 2.54. The molecule has 0 fully saturated rings. The van der Waals surface area contributed by atoms with Gasteiger partial charge in [-0.25, -0.2) is 0 Å². The molecule has 3 aromatic rings. The Morgan fingerprint density at radius 2 is 1.78 bits per heavy atom. The predicted octanol–water partition coefficient (Wildman–Crippen LogP) is 2.11. The Labute approximate surface area is 154 Å². The number of methoxy groups -OCH3 is 1. The van der Waals surface area contributed by atoms with E-state index in [9.17, 15) is 14.4 Å². The fraction of sp³-hybridized carbons (Fsp3) is 0.150. The molecule has 0 saturated heterocycles. The summed E-state index contributed by atoms with van der Waals surface area (Å²) in [6, 6.07) is 13.2. The lowest BCUT2D eigenvalue weighted by Gasteiger charge is -2.08. The molecule has 2 N–H and O–H groups in total. The SMILES string of the molecule is COc1ccc(CC(=O)NNC(=O)c2cc(=O)c3cc(C)ccc3o2)cc1. The zero-order valence-corrected chi connectivity index (χ0v) is 14.9. The van der Waals surface area contributed by atoms with Gasteiger partial charge < -0.3 is 9.15 Å². The van der Waals surface area contributed by atoms with Crippen LogP contribution in [0.2, 0.25) is 0 Å². The molecular formula is C20H18N2O5. The van der Waals surface area contributed by atoms with Gasteiger partial charge in [-0.15, -0.1) is 0 Å². The van der Waals surface area contributed by atoms with Crippen molar-refractivity contribution in [3.8, 4) is 5.75 Å². The van der Waals surface area contributed by atoms with Crippen molar-refractivity contribution in [2.75, 3.05) is 7.11 Å². The Kier molecular flexibility index (Phi) is 5.21. The average molecular weight is 366 g/mol. The summed E-state index contributed by atoms with van der Waals surface area (Å²) in [7, 11) is 1.56. The van der Waals surface area contributed by atoms with Gasteiger partial charge in [-0.2, -0.15) is 0 Å². The summed E-state index contributed by atoms with van der Waals surface area (Å²) in [5.41, 5.74) is 6.21. The highest BCUT2D eigenvalue weighted by atomic mass is 16.5. The van der Waals surface area contributed by atoms with E-state index in [-0.39, 0.29) is 17.6 Å². The van der Waals surface area contributed by atoms with Gasteiger partial charge in [0.2, 0.25) is 5.91 Å². The van der Waals surface area contributed by atoms with Crippen LogP contribution in [0.1, 0.15) is 21.7 Å². The Bertz CT molecular complexity index is 1050. The van der Waals surface area contributed by atoms with Gasteiger partial charge in [-0.1, -0.05) is 23.8 Å². The van der Waals surface area contributed by atoms with Crippen molar-refractivity contribution in [2.45, 2.75) is 13.3 Å². The molecule has 0 radical (unpaired) electrons. The maximum absolute atomic E-state index is 12.2. The van der Waals surface area contributed by atoms with Gasteiger partial charge in [0.1, 0.15) is 11.3 Å². The Hall–Kier alpha value is -3.61. The monoisotopic (exact) mass is 366 g/mol. The summed E-state index contributed by atoms with van der Waals surface area (Å²) >= 11 is 0. The van der Waals surface area contributed by atoms with Crippen molar-refractivity contribution >= 4 is 22.8 Å². The number of rotatable bonds is 4. The first kappa shape index (κ1) is 18.2. The second kappa shape index (κ2) is 7.74. The van der Waals surface area contributed by atoms with E-state index in [4.69, 9.17) is 9.15 Å². The largest absolute Gasteiger partial charge is 0.497 e. The van der Waals surface area contributed by atoms with Crippen molar-refractivity contribution in [2.24, 2.45) is 0 Å². The molecule has 0 aliphatic heterocycles. The van der Waals surface area contributed by atoms with Crippen LogP contribution in [0.4, 0.5) is 0 Å².